The van der Waals surface area contributed by atoms with E-state index in [2.05, 4.69) is 18.8 Å². The van der Waals surface area contributed by atoms with Crippen LogP contribution in [0.2, 0.25) is 0 Å². The van der Waals surface area contributed by atoms with Crippen LogP contribution < -0.4 is 5.32 Å². The molecule has 0 saturated carbocycles. The van der Waals surface area contributed by atoms with Crippen molar-refractivity contribution in [3.05, 3.63) is 60.4 Å². The highest BCUT2D eigenvalue weighted by Crippen LogP contribution is 2.29. The Kier molecular flexibility index (Phi) is 5.31. The average Bonchev–Trinajstić information content (AvgIpc) is 2.48. The van der Waals surface area contributed by atoms with Gasteiger partial charge in [0.25, 0.3) is 0 Å². The lowest BCUT2D eigenvalue weighted by molar-refractivity contribution is 0.502. The third-order valence-corrected chi connectivity index (χ3v) is 3.63. The molecule has 1 nitrogen and oxygen atoms in total. The number of benzene rings is 2. The maximum absolute atomic E-state index is 13.9. The number of fused-ring (bicyclic) bond motifs is 1. The predicted molar refractivity (Wildman–Crippen MR) is 84.4 cm³/mol. The summed E-state index contributed by atoms with van der Waals surface area (Å²) < 4.78 is 13.9. The van der Waals surface area contributed by atoms with Crippen LogP contribution >= 0.6 is 0 Å². The molecule has 0 radical (unpaired) electrons. The number of allylic oxidation sites excluding steroid dienone is 1. The van der Waals surface area contributed by atoms with Crippen LogP contribution in [-0.2, 0) is 0 Å². The Hall–Kier alpha value is -1.67. The Morgan fingerprint density at radius 1 is 1.20 bits per heavy atom. The normalized spacial score (nSPS) is 12.5. The van der Waals surface area contributed by atoms with Gasteiger partial charge in [-0.3, -0.25) is 0 Å². The standard InChI is InChI=1S/C18H22FN/c1-3-5-6-11-18(20-4-2)16-12-13-17(19)15-10-8-7-9-14(15)16/h3,7-10,12-13,18,20H,1,4-6,11H2,2H3. The first-order valence-electron chi connectivity index (χ1n) is 7.29. The molecule has 2 aromatic carbocycles. The van der Waals surface area contributed by atoms with Gasteiger partial charge in [-0.1, -0.05) is 43.3 Å². The molecule has 0 bridgehead atoms. The third kappa shape index (κ3) is 3.26. The predicted octanol–water partition coefficient (Wildman–Crippen LogP) is 4.99. The highest BCUT2D eigenvalue weighted by molar-refractivity contribution is 5.86. The Labute approximate surface area is 120 Å². The van der Waals surface area contributed by atoms with Gasteiger partial charge in [-0.15, -0.1) is 6.58 Å². The summed E-state index contributed by atoms with van der Waals surface area (Å²) in [5.41, 5.74) is 1.19. The van der Waals surface area contributed by atoms with Gasteiger partial charge in [0.05, 0.1) is 0 Å². The van der Waals surface area contributed by atoms with Gasteiger partial charge in [0, 0.05) is 11.4 Å². The summed E-state index contributed by atoms with van der Waals surface area (Å²) in [5, 5.41) is 5.23. The second kappa shape index (κ2) is 7.20. The van der Waals surface area contributed by atoms with Crippen molar-refractivity contribution in [3.8, 4) is 0 Å². The van der Waals surface area contributed by atoms with E-state index in [0.29, 0.717) is 5.39 Å². The van der Waals surface area contributed by atoms with Crippen molar-refractivity contribution in [1.29, 1.82) is 0 Å². The van der Waals surface area contributed by atoms with Gasteiger partial charge in [-0.05, 0) is 42.8 Å². The van der Waals surface area contributed by atoms with Crippen LogP contribution in [0.3, 0.4) is 0 Å². The number of unbranched alkanes of at least 4 members (excludes halogenated alkanes) is 1. The summed E-state index contributed by atoms with van der Waals surface area (Å²) in [6, 6.07) is 11.5. The molecule has 2 heteroatoms. The minimum absolute atomic E-state index is 0.148. The molecule has 2 aromatic rings. The van der Waals surface area contributed by atoms with E-state index < -0.39 is 0 Å². The minimum Gasteiger partial charge on any atom is -0.310 e. The van der Waals surface area contributed by atoms with Crippen LogP contribution in [0.1, 0.15) is 37.8 Å². The molecule has 0 saturated heterocycles. The number of hydrogen-bond donors (Lipinski definition) is 1. The van der Waals surface area contributed by atoms with Crippen LogP contribution in [0.25, 0.3) is 10.8 Å². The Morgan fingerprint density at radius 3 is 2.65 bits per heavy atom. The van der Waals surface area contributed by atoms with Gasteiger partial charge in [0.15, 0.2) is 0 Å². The molecule has 0 aliphatic rings. The van der Waals surface area contributed by atoms with Crippen LogP contribution in [0, 0.1) is 5.82 Å². The lowest BCUT2D eigenvalue weighted by Crippen LogP contribution is -2.21. The zero-order valence-corrected chi connectivity index (χ0v) is 12.0. The van der Waals surface area contributed by atoms with Gasteiger partial charge in [-0.2, -0.15) is 0 Å². The zero-order chi connectivity index (χ0) is 14.4. The van der Waals surface area contributed by atoms with Gasteiger partial charge in [0.1, 0.15) is 5.82 Å². The van der Waals surface area contributed by atoms with Gasteiger partial charge in [0.2, 0.25) is 0 Å². The number of hydrogen-bond acceptors (Lipinski definition) is 1. The lowest BCUT2D eigenvalue weighted by Gasteiger charge is -2.20. The highest BCUT2D eigenvalue weighted by atomic mass is 19.1. The molecule has 0 spiro atoms. The summed E-state index contributed by atoms with van der Waals surface area (Å²) in [4.78, 5) is 0. The Balaban J connectivity index is 2.37. The first-order chi connectivity index (χ1) is 9.77. The molecule has 20 heavy (non-hydrogen) atoms. The van der Waals surface area contributed by atoms with Crippen molar-refractivity contribution in [2.45, 2.75) is 32.2 Å². The summed E-state index contributed by atoms with van der Waals surface area (Å²) >= 11 is 0. The quantitative estimate of drug-likeness (QED) is 0.553. The molecule has 0 fully saturated rings. The van der Waals surface area contributed by atoms with Gasteiger partial charge < -0.3 is 5.32 Å². The van der Waals surface area contributed by atoms with E-state index in [0.717, 1.165) is 31.2 Å². The number of nitrogens with one attached hydrogen (secondary N) is 1. The van der Waals surface area contributed by atoms with E-state index in [1.807, 2.05) is 36.4 Å². The molecule has 106 valence electrons. The lowest BCUT2D eigenvalue weighted by atomic mass is 9.95. The molecule has 0 aliphatic carbocycles. The second-order valence-electron chi connectivity index (χ2n) is 5.01. The smallest absolute Gasteiger partial charge is 0.131 e. The van der Waals surface area contributed by atoms with Crippen LogP contribution in [0.4, 0.5) is 4.39 Å². The first-order valence-corrected chi connectivity index (χ1v) is 7.29. The van der Waals surface area contributed by atoms with Crippen LogP contribution in [0.5, 0.6) is 0 Å². The van der Waals surface area contributed by atoms with Crippen LogP contribution in [-0.4, -0.2) is 6.54 Å². The highest BCUT2D eigenvalue weighted by Gasteiger charge is 2.14. The average molecular weight is 271 g/mol. The molecular formula is C18H22FN. The molecular weight excluding hydrogens is 249 g/mol. The monoisotopic (exact) mass is 271 g/mol. The van der Waals surface area contributed by atoms with Crippen molar-refractivity contribution < 1.29 is 4.39 Å². The van der Waals surface area contributed by atoms with Gasteiger partial charge >= 0.3 is 0 Å². The molecule has 0 aromatic heterocycles. The summed E-state index contributed by atoms with van der Waals surface area (Å²) in [6.45, 7) is 6.78. The van der Waals surface area contributed by atoms with Crippen molar-refractivity contribution in [2.75, 3.05) is 6.54 Å². The van der Waals surface area contributed by atoms with E-state index in [4.69, 9.17) is 0 Å². The largest absolute Gasteiger partial charge is 0.310 e. The van der Waals surface area contributed by atoms with Crippen LogP contribution in [0.15, 0.2) is 49.1 Å². The molecule has 0 amide bonds. The first kappa shape index (κ1) is 14.7. The fourth-order valence-corrected chi connectivity index (χ4v) is 2.67. The van der Waals surface area contributed by atoms with E-state index >= 15 is 0 Å². The molecule has 1 N–H and O–H groups in total. The van der Waals surface area contributed by atoms with Crippen molar-refractivity contribution >= 4 is 10.8 Å². The van der Waals surface area contributed by atoms with E-state index in [1.165, 1.54) is 5.56 Å². The van der Waals surface area contributed by atoms with E-state index in [-0.39, 0.29) is 11.9 Å². The fraction of sp³-hybridized carbons (Fsp3) is 0.333. The van der Waals surface area contributed by atoms with Crippen molar-refractivity contribution in [3.63, 3.8) is 0 Å². The summed E-state index contributed by atoms with van der Waals surface area (Å²) in [5.74, 6) is -0.148. The minimum atomic E-state index is -0.148. The van der Waals surface area contributed by atoms with Crippen molar-refractivity contribution in [2.24, 2.45) is 0 Å². The molecule has 0 aliphatic heterocycles. The maximum atomic E-state index is 13.9. The Morgan fingerprint density at radius 2 is 1.95 bits per heavy atom. The van der Waals surface area contributed by atoms with Crippen molar-refractivity contribution in [1.82, 2.24) is 5.32 Å². The van der Waals surface area contributed by atoms with Gasteiger partial charge in [-0.25, -0.2) is 4.39 Å². The topological polar surface area (TPSA) is 12.0 Å². The zero-order valence-electron chi connectivity index (χ0n) is 12.0. The second-order valence-corrected chi connectivity index (χ2v) is 5.01. The van der Waals surface area contributed by atoms with E-state index in [1.54, 1.807) is 6.07 Å². The number of halogens is 1. The maximum Gasteiger partial charge on any atom is 0.131 e. The SMILES string of the molecule is C=CCCCC(NCC)c1ccc(F)c2ccccc12. The molecule has 1 unspecified atom stereocenters. The third-order valence-electron chi connectivity index (χ3n) is 3.63. The summed E-state index contributed by atoms with van der Waals surface area (Å²) in [6.07, 6.45) is 5.09. The number of rotatable bonds is 7. The van der Waals surface area contributed by atoms with E-state index in [9.17, 15) is 4.39 Å². The molecule has 2 rings (SSSR count). The Bertz CT molecular complexity index is 577. The molecule has 1 atom stereocenters. The summed E-state index contributed by atoms with van der Waals surface area (Å²) in [7, 11) is 0. The fourth-order valence-electron chi connectivity index (χ4n) is 2.67. The molecule has 0 heterocycles.